The third-order valence-corrected chi connectivity index (χ3v) is 2.63. The molecule has 1 heterocycles. The number of hydrogen-bond acceptors (Lipinski definition) is 2. The van der Waals surface area contributed by atoms with Gasteiger partial charge in [-0.05, 0) is 30.4 Å². The van der Waals surface area contributed by atoms with E-state index >= 15 is 0 Å². The Kier molecular flexibility index (Phi) is 4.37. The first-order valence-corrected chi connectivity index (χ1v) is 5.81. The number of aromatic nitrogens is 1. The molecule has 1 rings (SSSR count). The SMILES string of the molecule is CC(C)(C)CC[C@H](O)c1ncccc1C(F)(F)F. The normalized spacial score (nSPS) is 14.6. The first kappa shape index (κ1) is 15.0. The van der Waals surface area contributed by atoms with Crippen LogP contribution in [0.15, 0.2) is 18.3 Å². The molecule has 0 bridgehead atoms. The number of hydrogen-bond donors (Lipinski definition) is 1. The van der Waals surface area contributed by atoms with Gasteiger partial charge in [0.15, 0.2) is 0 Å². The van der Waals surface area contributed by atoms with Crippen molar-refractivity contribution in [2.45, 2.75) is 45.9 Å². The summed E-state index contributed by atoms with van der Waals surface area (Å²) < 4.78 is 38.2. The Hall–Kier alpha value is -1.10. The van der Waals surface area contributed by atoms with Crippen LogP contribution in [0.4, 0.5) is 13.2 Å². The Balaban J connectivity index is 2.89. The minimum atomic E-state index is -4.48. The van der Waals surface area contributed by atoms with Crippen molar-refractivity contribution in [1.82, 2.24) is 4.98 Å². The van der Waals surface area contributed by atoms with Crippen LogP contribution in [0.5, 0.6) is 0 Å². The third-order valence-electron chi connectivity index (χ3n) is 2.63. The summed E-state index contributed by atoms with van der Waals surface area (Å²) in [5, 5.41) is 9.87. The van der Waals surface area contributed by atoms with Crippen molar-refractivity contribution in [2.75, 3.05) is 0 Å². The molecule has 18 heavy (non-hydrogen) atoms. The lowest BCUT2D eigenvalue weighted by atomic mass is 9.88. The highest BCUT2D eigenvalue weighted by Crippen LogP contribution is 2.35. The fraction of sp³-hybridized carbons (Fsp3) is 0.615. The van der Waals surface area contributed by atoms with Crippen LogP contribution >= 0.6 is 0 Å². The second-order valence-electron chi connectivity index (χ2n) is 5.55. The molecule has 0 aliphatic heterocycles. The number of halogens is 3. The van der Waals surface area contributed by atoms with Crippen LogP contribution in [0.2, 0.25) is 0 Å². The van der Waals surface area contributed by atoms with Gasteiger partial charge in [-0.3, -0.25) is 4.98 Å². The van der Waals surface area contributed by atoms with Crippen LogP contribution in [-0.2, 0) is 6.18 Å². The van der Waals surface area contributed by atoms with Crippen LogP contribution in [0, 0.1) is 5.41 Å². The average molecular weight is 261 g/mol. The number of aliphatic hydroxyl groups is 1. The molecule has 102 valence electrons. The van der Waals surface area contributed by atoms with Gasteiger partial charge in [0.25, 0.3) is 0 Å². The van der Waals surface area contributed by atoms with Gasteiger partial charge in [-0.15, -0.1) is 0 Å². The maximum absolute atomic E-state index is 12.7. The molecule has 0 saturated carbocycles. The summed E-state index contributed by atoms with van der Waals surface area (Å²) >= 11 is 0. The molecule has 0 aliphatic carbocycles. The topological polar surface area (TPSA) is 33.1 Å². The monoisotopic (exact) mass is 261 g/mol. The number of rotatable bonds is 3. The lowest BCUT2D eigenvalue weighted by Gasteiger charge is -2.21. The molecule has 1 atom stereocenters. The van der Waals surface area contributed by atoms with Gasteiger partial charge in [-0.1, -0.05) is 20.8 Å². The quantitative estimate of drug-likeness (QED) is 0.893. The van der Waals surface area contributed by atoms with E-state index in [2.05, 4.69) is 4.98 Å². The molecular weight excluding hydrogens is 243 g/mol. The first-order chi connectivity index (χ1) is 8.11. The van der Waals surface area contributed by atoms with E-state index in [0.29, 0.717) is 6.42 Å². The van der Waals surface area contributed by atoms with Crippen LogP contribution in [0.1, 0.15) is 51.0 Å². The zero-order valence-corrected chi connectivity index (χ0v) is 10.8. The standard InChI is InChI=1S/C13H18F3NO/c1-12(2,3)7-6-10(18)11-9(13(14,15)16)5-4-8-17-11/h4-5,8,10,18H,6-7H2,1-3H3/t10-/m0/s1. The number of aliphatic hydroxyl groups excluding tert-OH is 1. The molecule has 1 aromatic heterocycles. The molecule has 0 fully saturated rings. The molecule has 0 amide bonds. The number of alkyl halides is 3. The predicted octanol–water partition coefficient (Wildman–Crippen LogP) is 3.96. The van der Waals surface area contributed by atoms with Crippen molar-refractivity contribution in [3.05, 3.63) is 29.6 Å². The van der Waals surface area contributed by atoms with Gasteiger partial charge in [-0.2, -0.15) is 13.2 Å². The molecule has 0 unspecified atom stereocenters. The van der Waals surface area contributed by atoms with Crippen LogP contribution in [0.3, 0.4) is 0 Å². The van der Waals surface area contributed by atoms with E-state index in [0.717, 1.165) is 6.07 Å². The largest absolute Gasteiger partial charge is 0.418 e. The van der Waals surface area contributed by atoms with Crippen LogP contribution in [-0.4, -0.2) is 10.1 Å². The maximum Gasteiger partial charge on any atom is 0.418 e. The average Bonchev–Trinajstić information content (AvgIpc) is 2.24. The molecule has 0 aromatic carbocycles. The summed E-state index contributed by atoms with van der Waals surface area (Å²) in [5.41, 5.74) is -1.17. The zero-order valence-electron chi connectivity index (χ0n) is 10.8. The smallest absolute Gasteiger partial charge is 0.387 e. The second-order valence-corrected chi connectivity index (χ2v) is 5.55. The Labute approximate surface area is 105 Å². The van der Waals surface area contributed by atoms with E-state index in [9.17, 15) is 18.3 Å². The highest BCUT2D eigenvalue weighted by molar-refractivity contribution is 5.24. The Morgan fingerprint density at radius 3 is 2.39 bits per heavy atom. The second kappa shape index (κ2) is 5.26. The molecule has 0 aliphatic rings. The highest BCUT2D eigenvalue weighted by atomic mass is 19.4. The highest BCUT2D eigenvalue weighted by Gasteiger charge is 2.35. The molecule has 0 spiro atoms. The summed E-state index contributed by atoms with van der Waals surface area (Å²) in [6, 6.07) is 2.17. The van der Waals surface area contributed by atoms with Crippen molar-refractivity contribution in [3.63, 3.8) is 0 Å². The minimum absolute atomic E-state index is 0.0336. The van der Waals surface area contributed by atoms with Gasteiger partial charge in [0, 0.05) is 6.20 Å². The van der Waals surface area contributed by atoms with Gasteiger partial charge in [0.1, 0.15) is 0 Å². The van der Waals surface area contributed by atoms with Crippen LogP contribution in [0.25, 0.3) is 0 Å². The summed E-state index contributed by atoms with van der Waals surface area (Å²) in [5.74, 6) is 0. The summed E-state index contributed by atoms with van der Waals surface area (Å²) in [7, 11) is 0. The lowest BCUT2D eigenvalue weighted by Crippen LogP contribution is -2.15. The summed E-state index contributed by atoms with van der Waals surface area (Å²) in [4.78, 5) is 3.68. The van der Waals surface area contributed by atoms with E-state index in [1.54, 1.807) is 0 Å². The van der Waals surface area contributed by atoms with Gasteiger partial charge in [0.2, 0.25) is 0 Å². The first-order valence-electron chi connectivity index (χ1n) is 5.81. The summed E-state index contributed by atoms with van der Waals surface area (Å²) in [6.07, 6.45) is -3.50. The maximum atomic E-state index is 12.7. The molecule has 1 N–H and O–H groups in total. The summed E-state index contributed by atoms with van der Waals surface area (Å²) in [6.45, 7) is 5.93. The Bertz CT molecular complexity index is 396. The Morgan fingerprint density at radius 2 is 1.89 bits per heavy atom. The van der Waals surface area contributed by atoms with Crippen molar-refractivity contribution in [2.24, 2.45) is 5.41 Å². The van der Waals surface area contributed by atoms with Crippen molar-refractivity contribution >= 4 is 0 Å². The predicted molar refractivity (Wildman–Crippen MR) is 62.9 cm³/mol. The van der Waals surface area contributed by atoms with Crippen LogP contribution < -0.4 is 0 Å². The van der Waals surface area contributed by atoms with Crippen molar-refractivity contribution in [1.29, 1.82) is 0 Å². The van der Waals surface area contributed by atoms with Crippen molar-refractivity contribution in [3.8, 4) is 0 Å². The Morgan fingerprint density at radius 1 is 1.28 bits per heavy atom. The fourth-order valence-electron chi connectivity index (χ4n) is 1.63. The van der Waals surface area contributed by atoms with E-state index in [4.69, 9.17) is 0 Å². The number of pyridine rings is 1. The minimum Gasteiger partial charge on any atom is -0.387 e. The molecule has 2 nitrogen and oxygen atoms in total. The zero-order chi connectivity index (χ0) is 14.0. The molecule has 0 radical (unpaired) electrons. The third kappa shape index (κ3) is 4.29. The molecule has 5 heteroatoms. The van der Waals surface area contributed by atoms with Gasteiger partial charge in [-0.25, -0.2) is 0 Å². The van der Waals surface area contributed by atoms with E-state index in [1.165, 1.54) is 12.3 Å². The van der Waals surface area contributed by atoms with Gasteiger partial charge < -0.3 is 5.11 Å². The van der Waals surface area contributed by atoms with Gasteiger partial charge >= 0.3 is 6.18 Å². The molecular formula is C13H18F3NO. The van der Waals surface area contributed by atoms with Gasteiger partial charge in [0.05, 0.1) is 17.4 Å². The van der Waals surface area contributed by atoms with E-state index in [1.807, 2.05) is 20.8 Å². The fourth-order valence-corrected chi connectivity index (χ4v) is 1.63. The van der Waals surface area contributed by atoms with E-state index < -0.39 is 17.8 Å². The molecule has 1 aromatic rings. The lowest BCUT2D eigenvalue weighted by molar-refractivity contribution is -0.139. The number of nitrogens with zero attached hydrogens (tertiary/aromatic N) is 1. The molecule has 0 saturated heterocycles. The van der Waals surface area contributed by atoms with Crippen molar-refractivity contribution < 1.29 is 18.3 Å². The van der Waals surface area contributed by atoms with E-state index in [-0.39, 0.29) is 17.5 Å².